The highest BCUT2D eigenvalue weighted by molar-refractivity contribution is 6.28. The molecule has 68 valence electrons. The van der Waals surface area contributed by atoms with Crippen LogP contribution in [0.2, 0.25) is 0 Å². The number of halogens is 2. The van der Waals surface area contributed by atoms with Crippen LogP contribution in [-0.2, 0) is 4.74 Å². The van der Waals surface area contributed by atoms with Gasteiger partial charge in [0.05, 0.1) is 12.5 Å². The molecule has 0 aromatic carbocycles. The van der Waals surface area contributed by atoms with Crippen LogP contribution in [0.3, 0.4) is 0 Å². The van der Waals surface area contributed by atoms with E-state index >= 15 is 0 Å². The van der Waals surface area contributed by atoms with Gasteiger partial charge in [0.1, 0.15) is 0 Å². The summed E-state index contributed by atoms with van der Waals surface area (Å²) >= 11 is 10.7. The number of rotatable bonds is 3. The smallest absolute Gasteiger partial charge is 0.259 e. The van der Waals surface area contributed by atoms with Crippen molar-refractivity contribution in [2.24, 2.45) is 5.41 Å². The summed E-state index contributed by atoms with van der Waals surface area (Å²) in [5, 5.41) is 7.38. The normalized spacial score (nSPS) is 18.0. The molecule has 2 nitrogen and oxygen atoms in total. The van der Waals surface area contributed by atoms with Crippen molar-refractivity contribution in [2.75, 3.05) is 12.5 Å². The molecule has 0 aliphatic carbocycles. The summed E-state index contributed by atoms with van der Waals surface area (Å²) in [6.07, 6.45) is 0. The summed E-state index contributed by atoms with van der Waals surface area (Å²) in [5.41, 5.74) is -0.0189. The molecule has 0 rings (SSSR count). The lowest BCUT2D eigenvalue weighted by atomic mass is 9.99. The lowest BCUT2D eigenvalue weighted by molar-refractivity contribution is -0.139. The van der Waals surface area contributed by atoms with Crippen LogP contribution in [0, 0.1) is 5.41 Å². The van der Waals surface area contributed by atoms with E-state index in [9.17, 15) is 0 Å². The molecule has 0 aliphatic heterocycles. The first-order valence-corrected chi connectivity index (χ1v) is 4.29. The summed E-state index contributed by atoms with van der Waals surface area (Å²) in [6.45, 7) is 6.32. The van der Waals surface area contributed by atoms with Gasteiger partial charge in [0.2, 0.25) is 0 Å². The predicted molar refractivity (Wildman–Crippen MR) is 46.9 cm³/mol. The largest absolute Gasteiger partial charge is 0.352 e. The average Bonchev–Trinajstić information content (AvgIpc) is 1.83. The van der Waals surface area contributed by atoms with E-state index in [2.05, 4.69) is 0 Å². The molecule has 0 amide bonds. The number of hydrogen-bond donors (Lipinski definition) is 1. The van der Waals surface area contributed by atoms with Crippen LogP contribution in [0.1, 0.15) is 20.8 Å². The minimum atomic E-state index is -1.71. The molecule has 0 aromatic rings. The Hall–Kier alpha value is 0.500. The molecule has 0 bridgehead atoms. The number of hydrogen-bond acceptors (Lipinski definition) is 2. The first kappa shape index (κ1) is 11.5. The van der Waals surface area contributed by atoms with E-state index in [0.717, 1.165) is 0 Å². The third-order valence-electron chi connectivity index (χ3n) is 0.891. The van der Waals surface area contributed by atoms with Gasteiger partial charge in [0.15, 0.2) is 0 Å². The van der Waals surface area contributed by atoms with Crippen molar-refractivity contribution in [3.8, 4) is 0 Å². The third-order valence-corrected chi connectivity index (χ3v) is 1.63. The molecule has 0 fully saturated rings. The molecule has 0 aromatic heterocycles. The second-order valence-electron chi connectivity index (χ2n) is 3.67. The fourth-order valence-corrected chi connectivity index (χ4v) is 0.497. The zero-order chi connectivity index (χ0) is 9.12. The molecule has 1 atom stereocenters. The summed E-state index contributed by atoms with van der Waals surface area (Å²) < 4.78 is 4.93. The minimum absolute atomic E-state index is 0.0189. The predicted octanol–water partition coefficient (Wildman–Crippen LogP) is 2.17. The Labute approximate surface area is 77.4 Å². The number of aliphatic hydroxyl groups is 1. The fourth-order valence-electron chi connectivity index (χ4n) is 0.366. The van der Waals surface area contributed by atoms with Crippen LogP contribution in [0.4, 0.5) is 0 Å². The van der Waals surface area contributed by atoms with E-state index in [-0.39, 0.29) is 11.3 Å². The van der Waals surface area contributed by atoms with Crippen molar-refractivity contribution in [1.82, 2.24) is 0 Å². The summed E-state index contributed by atoms with van der Waals surface area (Å²) in [4.78, 5) is 0. The highest BCUT2D eigenvalue weighted by atomic mass is 35.5. The zero-order valence-electron chi connectivity index (χ0n) is 7.03. The molecule has 0 spiro atoms. The molecular weight excluding hydrogens is 187 g/mol. The standard InChI is InChI=1S/C7H14Cl2O2/c1-6(2,3)5-11-7(9,10)4-8/h10H,4-5H2,1-3H3. The molecule has 1 N–H and O–H groups in total. The van der Waals surface area contributed by atoms with Gasteiger partial charge < -0.3 is 9.84 Å². The van der Waals surface area contributed by atoms with Crippen molar-refractivity contribution in [3.05, 3.63) is 0 Å². The van der Waals surface area contributed by atoms with E-state index in [4.69, 9.17) is 33.0 Å². The van der Waals surface area contributed by atoms with Crippen molar-refractivity contribution in [3.63, 3.8) is 0 Å². The Kier molecular flexibility index (Phi) is 4.12. The fraction of sp³-hybridized carbons (Fsp3) is 1.00. The SMILES string of the molecule is CC(C)(C)COC(O)(Cl)CCl. The van der Waals surface area contributed by atoms with Gasteiger partial charge in [-0.1, -0.05) is 32.4 Å². The highest BCUT2D eigenvalue weighted by Crippen LogP contribution is 2.20. The second-order valence-corrected chi connectivity index (χ2v) is 4.53. The zero-order valence-corrected chi connectivity index (χ0v) is 8.54. The van der Waals surface area contributed by atoms with Gasteiger partial charge in [-0.2, -0.15) is 0 Å². The third kappa shape index (κ3) is 6.88. The first-order chi connectivity index (χ1) is 4.77. The Bertz CT molecular complexity index is 118. The topological polar surface area (TPSA) is 29.5 Å². The van der Waals surface area contributed by atoms with Crippen molar-refractivity contribution in [2.45, 2.75) is 26.0 Å². The van der Waals surface area contributed by atoms with Crippen molar-refractivity contribution in [1.29, 1.82) is 0 Å². The molecule has 0 radical (unpaired) electrons. The van der Waals surface area contributed by atoms with Gasteiger partial charge in [-0.05, 0) is 5.41 Å². The second kappa shape index (κ2) is 3.94. The minimum Gasteiger partial charge on any atom is -0.352 e. The lowest BCUT2D eigenvalue weighted by Crippen LogP contribution is -2.31. The molecule has 0 saturated heterocycles. The van der Waals surface area contributed by atoms with Crippen LogP contribution in [0.25, 0.3) is 0 Å². The molecular formula is C7H14Cl2O2. The average molecular weight is 201 g/mol. The van der Waals surface area contributed by atoms with E-state index in [1.807, 2.05) is 20.8 Å². The molecule has 11 heavy (non-hydrogen) atoms. The van der Waals surface area contributed by atoms with Gasteiger partial charge in [-0.3, -0.25) is 0 Å². The first-order valence-electron chi connectivity index (χ1n) is 3.38. The van der Waals surface area contributed by atoms with Crippen LogP contribution in [0.15, 0.2) is 0 Å². The maximum atomic E-state index is 9.10. The summed E-state index contributed by atoms with van der Waals surface area (Å²) in [7, 11) is 0. The number of ether oxygens (including phenoxy) is 1. The molecule has 0 heterocycles. The summed E-state index contributed by atoms with van der Waals surface area (Å²) in [6, 6.07) is 0. The number of alkyl halides is 2. The lowest BCUT2D eigenvalue weighted by Gasteiger charge is -2.24. The summed E-state index contributed by atoms with van der Waals surface area (Å²) in [5.74, 6) is -0.134. The van der Waals surface area contributed by atoms with Gasteiger partial charge in [-0.25, -0.2) is 0 Å². The van der Waals surface area contributed by atoms with Crippen LogP contribution < -0.4 is 0 Å². The van der Waals surface area contributed by atoms with Crippen molar-refractivity contribution < 1.29 is 9.84 Å². The molecule has 0 saturated carbocycles. The molecule has 0 aliphatic rings. The Balaban J connectivity index is 3.70. The monoisotopic (exact) mass is 200 g/mol. The highest BCUT2D eigenvalue weighted by Gasteiger charge is 2.25. The van der Waals surface area contributed by atoms with Gasteiger partial charge in [-0.15, -0.1) is 11.6 Å². The van der Waals surface area contributed by atoms with Crippen LogP contribution in [-0.4, -0.2) is 22.8 Å². The van der Waals surface area contributed by atoms with Crippen molar-refractivity contribution >= 4 is 23.2 Å². The van der Waals surface area contributed by atoms with Crippen LogP contribution >= 0.6 is 23.2 Å². The van der Waals surface area contributed by atoms with Crippen LogP contribution in [0.5, 0.6) is 0 Å². The van der Waals surface area contributed by atoms with Gasteiger partial charge in [0.25, 0.3) is 5.25 Å². The Morgan fingerprint density at radius 3 is 2.09 bits per heavy atom. The maximum Gasteiger partial charge on any atom is 0.259 e. The van der Waals surface area contributed by atoms with E-state index in [1.54, 1.807) is 0 Å². The van der Waals surface area contributed by atoms with E-state index < -0.39 is 5.25 Å². The van der Waals surface area contributed by atoms with Gasteiger partial charge >= 0.3 is 0 Å². The van der Waals surface area contributed by atoms with E-state index in [0.29, 0.717) is 6.61 Å². The molecule has 4 heteroatoms. The van der Waals surface area contributed by atoms with E-state index in [1.165, 1.54) is 0 Å². The quantitative estimate of drug-likeness (QED) is 0.560. The van der Waals surface area contributed by atoms with Gasteiger partial charge in [0, 0.05) is 0 Å². The Morgan fingerprint density at radius 2 is 1.82 bits per heavy atom. The molecule has 1 unspecified atom stereocenters. The Morgan fingerprint density at radius 1 is 1.36 bits per heavy atom. The maximum absolute atomic E-state index is 9.10.